The summed E-state index contributed by atoms with van der Waals surface area (Å²) in [6.07, 6.45) is 6.92. The lowest BCUT2D eigenvalue weighted by Gasteiger charge is -2.33. The second-order valence-corrected chi connectivity index (χ2v) is 38.9. The van der Waals surface area contributed by atoms with E-state index in [-0.39, 0.29) is 113 Å². The molecule has 1 aliphatic carbocycles. The predicted octanol–water partition coefficient (Wildman–Crippen LogP) is 2.20. The van der Waals surface area contributed by atoms with Gasteiger partial charge in [0.1, 0.15) is 72.5 Å². The van der Waals surface area contributed by atoms with Crippen LogP contribution in [0.3, 0.4) is 0 Å². The van der Waals surface area contributed by atoms with Gasteiger partial charge in [0.05, 0.1) is 44.3 Å². The molecule has 2 aromatic heterocycles. The molecule has 23 N–H and O–H groups in total. The Morgan fingerprint density at radius 3 is 1.58 bits per heavy atom. The molecule has 3 fully saturated rings. The number of amides is 16. The van der Waals surface area contributed by atoms with E-state index in [9.17, 15) is 67.7 Å². The first-order chi connectivity index (χ1) is 69.7. The molecule has 0 spiro atoms. The van der Waals surface area contributed by atoms with Crippen LogP contribution in [-0.2, 0) is 114 Å². The van der Waals surface area contributed by atoms with Crippen LogP contribution in [0.4, 0.5) is 5.69 Å². The number of carbonyl (C=O) groups is 18. The lowest BCUT2D eigenvalue weighted by molar-refractivity contribution is -0.144. The van der Waals surface area contributed by atoms with E-state index in [2.05, 4.69) is 94.4 Å². The van der Waals surface area contributed by atoms with Crippen molar-refractivity contribution in [3.8, 4) is 22.3 Å². The number of thioether (sulfide) groups is 1. The summed E-state index contributed by atoms with van der Waals surface area (Å²) in [5.74, 6) is -20.1. The number of benzene rings is 5. The quantitative estimate of drug-likeness (QED) is 0.0174. The zero-order chi connectivity index (χ0) is 106. The van der Waals surface area contributed by atoms with E-state index in [1.54, 1.807) is 114 Å². The van der Waals surface area contributed by atoms with Crippen LogP contribution in [0.15, 0.2) is 152 Å². The van der Waals surface area contributed by atoms with Crippen LogP contribution in [-0.4, -0.2) is 270 Å². The lowest BCUT2D eigenvalue weighted by atomic mass is 9.84. The largest absolute Gasteiger partial charge is 0.481 e. The molecule has 146 heavy (non-hydrogen) atoms. The van der Waals surface area contributed by atoms with Gasteiger partial charge < -0.3 is 116 Å². The van der Waals surface area contributed by atoms with E-state index >= 15 is 28.8 Å². The number of carboxylic acid groups (broad SMARTS) is 2. The smallest absolute Gasteiger partial charge is 0.307 e. The summed E-state index contributed by atoms with van der Waals surface area (Å²) in [6, 6.07) is 17.9. The van der Waals surface area contributed by atoms with Gasteiger partial charge in [-0.25, -0.2) is 9.97 Å². The Bertz CT molecular complexity index is 5700. The number of primary amides is 1. The Hall–Kier alpha value is -15.4. The fraction of sp³-hybridized carbons (Fsp3) is 0.461. The monoisotopic (exact) mass is 2030 g/mol. The van der Waals surface area contributed by atoms with Crippen molar-refractivity contribution in [1.29, 1.82) is 5.41 Å². The Morgan fingerprint density at radius 2 is 1.01 bits per heavy atom. The Morgan fingerprint density at radius 1 is 0.507 bits per heavy atom. The number of aromatic nitrogens is 4. The summed E-state index contributed by atoms with van der Waals surface area (Å²) in [7, 11) is 1.24. The van der Waals surface area contributed by atoms with Gasteiger partial charge in [-0.2, -0.15) is 0 Å². The van der Waals surface area contributed by atoms with Crippen molar-refractivity contribution in [1.82, 2.24) is 98.9 Å². The highest BCUT2D eigenvalue weighted by Crippen LogP contribution is 2.30. The minimum atomic E-state index is -2.02. The number of hydrogen-bond acceptors (Lipinski definition) is 22. The number of imidazole rings is 2. The third kappa shape index (κ3) is 35.0. The third-order valence-corrected chi connectivity index (χ3v) is 26.6. The normalized spacial score (nSPS) is 22.2. The van der Waals surface area contributed by atoms with Crippen molar-refractivity contribution in [3.63, 3.8) is 0 Å². The van der Waals surface area contributed by atoms with Crippen molar-refractivity contribution in [2.75, 3.05) is 50.0 Å². The Balaban J connectivity index is 1.02. The number of hydrogen-bond donors (Lipinski definition) is 21. The predicted molar refractivity (Wildman–Crippen MR) is 541 cm³/mol. The molecule has 2 aliphatic heterocycles. The van der Waals surface area contributed by atoms with E-state index in [1.807, 2.05) is 42.5 Å². The number of likely N-dealkylation sites (N-methyl/N-ethyl adjacent to an activating group) is 1. The van der Waals surface area contributed by atoms with Gasteiger partial charge in [0.2, 0.25) is 88.6 Å². The lowest BCUT2D eigenvalue weighted by Crippen LogP contribution is -2.62. The van der Waals surface area contributed by atoms with Crippen molar-refractivity contribution >= 4 is 130 Å². The van der Waals surface area contributed by atoms with Crippen molar-refractivity contribution in [2.24, 2.45) is 35.1 Å². The maximum absolute atomic E-state index is 15.9. The molecule has 0 bridgehead atoms. The van der Waals surface area contributed by atoms with Gasteiger partial charge in [-0.05, 0) is 125 Å². The van der Waals surface area contributed by atoms with Crippen LogP contribution in [0.25, 0.3) is 22.3 Å². The molecule has 3 aliphatic rings. The number of rotatable bonds is 30. The SMILES string of the molecule is CC[C@H](C)[C@@H]1NC(=O)[C@@H](CCCNC(=N)N)NC(=O)[C@H](CC(=O)O)NC(=O)[C@H](Cc2cnc[nH]2)NC(=O)CN(C)C(=O)[C@H](Cc2ccc(-c3ccc(NC(=O)c4ccc(CC(=O)O)cc4)cc3)cc2)NC(=O)[C@H](Cc2ccc(-c3ccccc3)cc2)NC(=O)[C@H](CC2CCCCC2)NC(=O)CSC[C@@H](C(=O)NCC(N)=O)NC(=O)[C@H](CC(C)C)NC(=O)[C@H](Cc2cnc[nH]2)NC(=O)[C@H](C(C)C)NC(=O)[C@@H]2CCCN2C1=O. The topological polar surface area (TPSA) is 656 Å². The molecule has 1 saturated carbocycles. The van der Waals surface area contributed by atoms with Crippen LogP contribution < -0.4 is 85.9 Å². The summed E-state index contributed by atoms with van der Waals surface area (Å²) < 4.78 is 0. The van der Waals surface area contributed by atoms with Crippen LogP contribution in [0.5, 0.6) is 0 Å². The maximum Gasteiger partial charge on any atom is 0.307 e. The standard InChI is InChI=1S/C102H133N23O20S/c1-8-59(6)88-101(145)125-40-16-22-81(125)98(142)122-87(58(4)5)99(143)119-77(47-71-50-107-56-111-71)96(140)116-73(41-57(2)3)92(136)121-80(90(134)109-51-82(103)126)53-146-54-84(128)114-74(42-60-17-11-9-12-18-60)93(137)117-75(43-61-23-29-65(30-24-61)64-19-13-10-14-20-64)94(138)120-79(44-62-25-31-66(32-26-62)67-35-37-69(38-36-67)112-89(133)68-33-27-63(28-34-68)45-85(129)130)100(144)124(7)52-83(127)113-76(46-70-49-106-55-110-70)95(139)118-78(48-86(131)132)97(141)115-72(91(135)123-88)21-15-39-108-102(104)105/h10,13-14,19-20,23-38,49-50,55-60,72-81,87-88H,8-9,11-12,15-18,21-22,39-48,51-54H2,1-7H3,(H2,103,126)(H,106,110)(H,107,111)(H,109,134)(H,112,133)(H,113,127)(H,114,128)(H,115,141)(H,116,140)(H,117,137)(H,118,139)(H,119,143)(H,120,138)(H,121,136)(H,122,142)(H,123,135)(H,129,130)(H,131,132)(H4,104,105,108)/t59-,72+,73-,74-,75-,76-,77-,78-,79-,80-,81-,87-,88-/m0/s1. The highest BCUT2D eigenvalue weighted by molar-refractivity contribution is 8.00. The van der Waals surface area contributed by atoms with Gasteiger partial charge in [0.15, 0.2) is 5.96 Å². The first-order valence-corrected chi connectivity index (χ1v) is 50.1. The molecule has 0 radical (unpaired) electrons. The highest BCUT2D eigenvalue weighted by atomic mass is 32.2. The number of nitrogens with two attached hydrogens (primary N) is 2. The van der Waals surface area contributed by atoms with Crippen LogP contribution >= 0.6 is 11.8 Å². The first kappa shape index (κ1) is 113. The van der Waals surface area contributed by atoms with Gasteiger partial charge in [-0.1, -0.05) is 183 Å². The van der Waals surface area contributed by atoms with Crippen molar-refractivity contribution in [3.05, 3.63) is 186 Å². The summed E-state index contributed by atoms with van der Waals surface area (Å²) in [6.45, 7) is 8.53. The molecule has 13 atom stereocenters. The summed E-state index contributed by atoms with van der Waals surface area (Å²) in [4.78, 5) is 277. The van der Waals surface area contributed by atoms with Gasteiger partial charge in [0.25, 0.3) is 5.91 Å². The molecule has 10 rings (SSSR count). The average Bonchev–Trinajstić information content (AvgIpc) is 1.68. The maximum atomic E-state index is 15.9. The van der Waals surface area contributed by atoms with Crippen molar-refractivity contribution < 1.29 is 96.5 Å². The molecule has 0 unspecified atom stereocenters. The number of aliphatic carboxylic acids is 2. The zero-order valence-corrected chi connectivity index (χ0v) is 83.6. The Kier molecular flexibility index (Phi) is 42.8. The molecule has 5 aromatic carbocycles. The van der Waals surface area contributed by atoms with E-state index in [1.165, 1.54) is 49.1 Å². The number of fused-ring (bicyclic) bond motifs is 1. The highest BCUT2D eigenvalue weighted by Gasteiger charge is 2.44. The minimum Gasteiger partial charge on any atom is -0.481 e. The fourth-order valence-electron chi connectivity index (χ4n) is 17.5. The first-order valence-electron chi connectivity index (χ1n) is 49.0. The van der Waals surface area contributed by atoms with E-state index in [4.69, 9.17) is 16.9 Å². The number of anilines is 1. The van der Waals surface area contributed by atoms with Crippen molar-refractivity contribution in [2.45, 2.75) is 230 Å². The average molecular weight is 2030 g/mol. The number of aromatic amines is 2. The van der Waals surface area contributed by atoms with Crippen LogP contribution in [0.2, 0.25) is 0 Å². The summed E-state index contributed by atoms with van der Waals surface area (Å²) >= 11 is 0.849. The molecule has 7 aromatic rings. The number of carboxylic acids is 2. The number of carbonyl (C=O) groups excluding carboxylic acids is 16. The number of guanidine groups is 1. The molecule has 2 saturated heterocycles. The summed E-state index contributed by atoms with van der Waals surface area (Å²) in [5.41, 5.74) is 16.9. The van der Waals surface area contributed by atoms with Gasteiger partial charge in [-0.15, -0.1) is 11.8 Å². The van der Waals surface area contributed by atoms with Crippen LogP contribution in [0.1, 0.15) is 163 Å². The molecular formula is C102H133N23O20S. The fourth-order valence-corrected chi connectivity index (χ4v) is 18.3. The number of H-pyrrole nitrogens is 2. The molecule has 44 heteroatoms. The molecule has 16 amide bonds. The second-order valence-electron chi connectivity index (χ2n) is 37.8. The zero-order valence-electron chi connectivity index (χ0n) is 82.7. The van der Waals surface area contributed by atoms with Crippen LogP contribution in [0, 0.1) is 29.1 Å². The van der Waals surface area contributed by atoms with Gasteiger partial charge >= 0.3 is 11.9 Å². The van der Waals surface area contributed by atoms with E-state index in [0.29, 0.717) is 52.0 Å². The molecule has 43 nitrogen and oxygen atoms in total. The third-order valence-electron chi connectivity index (χ3n) is 25.6. The molecule has 782 valence electrons. The van der Waals surface area contributed by atoms with E-state index < -0.39 is 228 Å². The number of nitrogens with zero attached hydrogens (tertiary/aromatic N) is 4. The Labute approximate surface area is 849 Å². The molecule has 4 heterocycles. The molecular weight excluding hydrogens is 1900 g/mol. The van der Waals surface area contributed by atoms with Gasteiger partial charge in [-0.3, -0.25) is 91.7 Å². The second kappa shape index (κ2) is 55.5. The minimum absolute atomic E-state index is 0.00869. The van der Waals surface area contributed by atoms with E-state index in [0.717, 1.165) is 47.1 Å². The van der Waals surface area contributed by atoms with Gasteiger partial charge in [0, 0.05) is 86.6 Å². The number of nitrogens with one attached hydrogen (secondary N) is 17. The summed E-state index contributed by atoms with van der Waals surface area (Å²) in [5, 5.41) is 65.3.